The van der Waals surface area contributed by atoms with Crippen molar-refractivity contribution >= 4 is 12.0 Å². The zero-order valence-corrected chi connectivity index (χ0v) is 13.4. The molecule has 1 aliphatic rings. The minimum atomic E-state index is -0.886. The highest BCUT2D eigenvalue weighted by Crippen LogP contribution is 2.17. The van der Waals surface area contributed by atoms with Crippen LogP contribution in [0.1, 0.15) is 71.6 Å². The number of carboxylic acids is 1. The van der Waals surface area contributed by atoms with Gasteiger partial charge in [0.2, 0.25) is 0 Å². The van der Waals surface area contributed by atoms with Gasteiger partial charge in [0.05, 0.1) is 0 Å². The summed E-state index contributed by atoms with van der Waals surface area (Å²) in [5, 5.41) is 12.3. The Morgan fingerprint density at radius 3 is 2.67 bits per heavy atom. The second-order valence-corrected chi connectivity index (χ2v) is 6.10. The standard InChI is InChI=1S/C16H30N2O3/c1-3-4-5-7-10-13(2)17-16(21)18-12-9-6-8-11-14(18)15(19)20/h13-14H,3-12H2,1-2H3,(H,17,21)(H,19,20). The predicted octanol–water partition coefficient (Wildman–Crippen LogP) is 3.38. The van der Waals surface area contributed by atoms with Crippen LogP contribution in [-0.2, 0) is 4.79 Å². The molecular weight excluding hydrogens is 268 g/mol. The molecule has 1 saturated heterocycles. The smallest absolute Gasteiger partial charge is 0.326 e. The Hall–Kier alpha value is -1.26. The molecule has 1 fully saturated rings. The quantitative estimate of drug-likeness (QED) is 0.708. The first-order valence-corrected chi connectivity index (χ1v) is 8.36. The first-order valence-electron chi connectivity index (χ1n) is 8.36. The number of hydrogen-bond acceptors (Lipinski definition) is 2. The van der Waals surface area contributed by atoms with E-state index < -0.39 is 12.0 Å². The number of carbonyl (C=O) groups is 2. The molecule has 2 N–H and O–H groups in total. The van der Waals surface area contributed by atoms with E-state index in [2.05, 4.69) is 12.2 Å². The van der Waals surface area contributed by atoms with Gasteiger partial charge < -0.3 is 15.3 Å². The van der Waals surface area contributed by atoms with Gasteiger partial charge >= 0.3 is 12.0 Å². The summed E-state index contributed by atoms with van der Waals surface area (Å²) >= 11 is 0. The van der Waals surface area contributed by atoms with Crippen LogP contribution in [0.25, 0.3) is 0 Å². The van der Waals surface area contributed by atoms with E-state index in [-0.39, 0.29) is 12.1 Å². The number of carbonyl (C=O) groups excluding carboxylic acids is 1. The maximum absolute atomic E-state index is 12.3. The van der Waals surface area contributed by atoms with E-state index in [4.69, 9.17) is 0 Å². The molecule has 122 valence electrons. The summed E-state index contributed by atoms with van der Waals surface area (Å²) in [5.41, 5.74) is 0. The van der Waals surface area contributed by atoms with Crippen molar-refractivity contribution in [2.75, 3.05) is 6.54 Å². The third kappa shape index (κ3) is 6.36. The van der Waals surface area contributed by atoms with E-state index in [0.717, 1.165) is 32.1 Å². The molecule has 0 bridgehead atoms. The van der Waals surface area contributed by atoms with Gasteiger partial charge in [0.15, 0.2) is 0 Å². The van der Waals surface area contributed by atoms with Crippen molar-refractivity contribution < 1.29 is 14.7 Å². The molecule has 2 atom stereocenters. The van der Waals surface area contributed by atoms with E-state index in [0.29, 0.717) is 13.0 Å². The van der Waals surface area contributed by atoms with Gasteiger partial charge in [-0.1, -0.05) is 45.4 Å². The lowest BCUT2D eigenvalue weighted by atomic mass is 10.1. The Morgan fingerprint density at radius 2 is 2.00 bits per heavy atom. The Kier molecular flexibility index (Phi) is 8.16. The highest BCUT2D eigenvalue weighted by atomic mass is 16.4. The molecular formula is C16H30N2O3. The number of rotatable bonds is 7. The first-order chi connectivity index (χ1) is 10.1. The molecule has 1 rings (SSSR count). The molecule has 5 heteroatoms. The summed E-state index contributed by atoms with van der Waals surface area (Å²) < 4.78 is 0. The fourth-order valence-corrected chi connectivity index (χ4v) is 2.85. The third-order valence-electron chi connectivity index (χ3n) is 4.16. The molecule has 0 spiro atoms. The second kappa shape index (κ2) is 9.64. The molecule has 0 aromatic rings. The van der Waals surface area contributed by atoms with E-state index in [1.807, 2.05) is 6.92 Å². The molecule has 0 aromatic heterocycles. The Labute approximate surface area is 128 Å². The van der Waals surface area contributed by atoms with Crippen LogP contribution in [0.2, 0.25) is 0 Å². The van der Waals surface area contributed by atoms with E-state index >= 15 is 0 Å². The number of aliphatic carboxylic acids is 1. The Balaban J connectivity index is 2.45. The van der Waals surface area contributed by atoms with Gasteiger partial charge in [-0.05, 0) is 26.2 Å². The Morgan fingerprint density at radius 1 is 1.24 bits per heavy atom. The van der Waals surface area contributed by atoms with Crippen LogP contribution in [0.5, 0.6) is 0 Å². The predicted molar refractivity (Wildman–Crippen MR) is 83.4 cm³/mol. The number of nitrogens with one attached hydrogen (secondary N) is 1. The van der Waals surface area contributed by atoms with Gasteiger partial charge in [0.1, 0.15) is 6.04 Å². The number of likely N-dealkylation sites (tertiary alicyclic amines) is 1. The van der Waals surface area contributed by atoms with E-state index in [1.165, 1.54) is 24.2 Å². The largest absolute Gasteiger partial charge is 0.480 e. The average molecular weight is 298 g/mol. The molecule has 5 nitrogen and oxygen atoms in total. The molecule has 2 amide bonds. The van der Waals surface area contributed by atoms with Crippen LogP contribution < -0.4 is 5.32 Å². The number of urea groups is 1. The minimum absolute atomic E-state index is 0.104. The van der Waals surface area contributed by atoms with Crippen LogP contribution in [0, 0.1) is 0 Å². The van der Waals surface area contributed by atoms with Gasteiger partial charge in [0.25, 0.3) is 0 Å². The maximum Gasteiger partial charge on any atom is 0.326 e. The SMILES string of the molecule is CCCCCCC(C)NC(=O)N1CCCCCC1C(=O)O. The van der Waals surface area contributed by atoms with Crippen molar-refractivity contribution in [3.63, 3.8) is 0 Å². The summed E-state index contributed by atoms with van der Waals surface area (Å²) in [5.74, 6) is -0.886. The van der Waals surface area contributed by atoms with Crippen molar-refractivity contribution in [1.29, 1.82) is 0 Å². The highest BCUT2D eigenvalue weighted by Gasteiger charge is 2.31. The molecule has 2 unspecified atom stereocenters. The van der Waals surface area contributed by atoms with Gasteiger partial charge in [-0.25, -0.2) is 9.59 Å². The summed E-state index contributed by atoms with van der Waals surface area (Å²) in [6, 6.07) is -0.779. The second-order valence-electron chi connectivity index (χ2n) is 6.10. The maximum atomic E-state index is 12.3. The number of unbranched alkanes of at least 4 members (excludes halogenated alkanes) is 3. The van der Waals surface area contributed by atoms with Gasteiger partial charge in [0, 0.05) is 12.6 Å². The molecule has 1 heterocycles. The molecule has 0 radical (unpaired) electrons. The summed E-state index contributed by atoms with van der Waals surface area (Å²) in [6.07, 6.45) is 9.03. The van der Waals surface area contributed by atoms with Crippen LogP contribution in [-0.4, -0.2) is 40.6 Å². The number of amides is 2. The third-order valence-corrected chi connectivity index (χ3v) is 4.16. The van der Waals surface area contributed by atoms with Crippen LogP contribution in [0.3, 0.4) is 0 Å². The lowest BCUT2D eigenvalue weighted by Crippen LogP contribution is -2.51. The van der Waals surface area contributed by atoms with Gasteiger partial charge in [-0.15, -0.1) is 0 Å². The molecule has 0 aromatic carbocycles. The zero-order valence-electron chi connectivity index (χ0n) is 13.4. The lowest BCUT2D eigenvalue weighted by molar-refractivity contribution is -0.142. The highest BCUT2D eigenvalue weighted by molar-refractivity contribution is 5.82. The number of nitrogens with zero attached hydrogens (tertiary/aromatic N) is 1. The topological polar surface area (TPSA) is 69.6 Å². The van der Waals surface area contributed by atoms with Crippen LogP contribution in [0.4, 0.5) is 4.79 Å². The van der Waals surface area contributed by atoms with E-state index in [1.54, 1.807) is 0 Å². The van der Waals surface area contributed by atoms with E-state index in [9.17, 15) is 14.7 Å². The fourth-order valence-electron chi connectivity index (χ4n) is 2.85. The number of hydrogen-bond donors (Lipinski definition) is 2. The lowest BCUT2D eigenvalue weighted by Gasteiger charge is -2.28. The Bertz CT molecular complexity index is 333. The first kappa shape index (κ1) is 17.8. The normalized spacial score (nSPS) is 20.7. The summed E-state index contributed by atoms with van der Waals surface area (Å²) in [7, 11) is 0. The molecule has 0 aliphatic carbocycles. The van der Waals surface area contributed by atoms with Crippen molar-refractivity contribution in [3.8, 4) is 0 Å². The van der Waals surface area contributed by atoms with Crippen molar-refractivity contribution in [1.82, 2.24) is 10.2 Å². The minimum Gasteiger partial charge on any atom is -0.480 e. The average Bonchev–Trinajstić information content (AvgIpc) is 2.69. The van der Waals surface area contributed by atoms with Gasteiger partial charge in [-0.2, -0.15) is 0 Å². The molecule has 1 aliphatic heterocycles. The van der Waals surface area contributed by atoms with Crippen molar-refractivity contribution in [2.45, 2.75) is 83.7 Å². The molecule has 21 heavy (non-hydrogen) atoms. The molecule has 0 saturated carbocycles. The van der Waals surface area contributed by atoms with Crippen LogP contribution >= 0.6 is 0 Å². The van der Waals surface area contributed by atoms with Crippen molar-refractivity contribution in [3.05, 3.63) is 0 Å². The van der Waals surface area contributed by atoms with Gasteiger partial charge in [-0.3, -0.25) is 0 Å². The monoisotopic (exact) mass is 298 g/mol. The fraction of sp³-hybridized carbons (Fsp3) is 0.875. The zero-order chi connectivity index (χ0) is 15.7. The number of carboxylic acid groups (broad SMARTS) is 1. The summed E-state index contributed by atoms with van der Waals surface area (Å²) in [4.78, 5) is 25.2. The summed E-state index contributed by atoms with van der Waals surface area (Å²) in [6.45, 7) is 4.72. The van der Waals surface area contributed by atoms with Crippen LogP contribution in [0.15, 0.2) is 0 Å². The van der Waals surface area contributed by atoms with Crippen molar-refractivity contribution in [2.24, 2.45) is 0 Å².